The lowest BCUT2D eigenvalue weighted by Crippen LogP contribution is -2.26. The summed E-state index contributed by atoms with van der Waals surface area (Å²) in [5, 5.41) is 9.24. The van der Waals surface area contributed by atoms with E-state index in [2.05, 4.69) is 21.2 Å². The van der Waals surface area contributed by atoms with Crippen molar-refractivity contribution >= 4 is 27.5 Å². The second-order valence-electron chi connectivity index (χ2n) is 9.19. The highest BCUT2D eigenvalue weighted by Crippen LogP contribution is 2.35. The highest BCUT2D eigenvalue weighted by Gasteiger charge is 2.18. The smallest absolute Gasteiger partial charge is 0.123 e. The maximum Gasteiger partial charge on any atom is 0.123 e. The summed E-state index contributed by atoms with van der Waals surface area (Å²) in [6, 6.07) is 14.4. The Morgan fingerprint density at radius 1 is 1.03 bits per heavy atom. The number of nitrogen functional groups attached to an aromatic ring is 1. The third-order valence-corrected chi connectivity index (χ3v) is 6.65. The summed E-state index contributed by atoms with van der Waals surface area (Å²) in [4.78, 5) is 8.15. The average molecular weight is 481 g/mol. The molecule has 36 heavy (non-hydrogen) atoms. The van der Waals surface area contributed by atoms with Crippen LogP contribution in [0.25, 0.3) is 44.2 Å². The number of hydrogen-bond donors (Lipinski definition) is 4. The van der Waals surface area contributed by atoms with Crippen molar-refractivity contribution in [1.29, 1.82) is 0 Å². The number of H-pyrrole nitrogens is 2. The first-order valence-electron chi connectivity index (χ1n) is 11.7. The number of benzene rings is 2. The van der Waals surface area contributed by atoms with Gasteiger partial charge in [-0.2, -0.15) is 5.10 Å². The van der Waals surface area contributed by atoms with E-state index in [0.29, 0.717) is 24.2 Å². The van der Waals surface area contributed by atoms with Crippen molar-refractivity contribution in [2.24, 2.45) is 5.73 Å². The van der Waals surface area contributed by atoms with E-state index in [9.17, 15) is 4.39 Å². The van der Waals surface area contributed by atoms with Gasteiger partial charge in [-0.05, 0) is 66.9 Å². The van der Waals surface area contributed by atoms with E-state index in [0.717, 1.165) is 55.4 Å². The zero-order valence-electron chi connectivity index (χ0n) is 19.7. The fourth-order valence-electron chi connectivity index (χ4n) is 4.80. The maximum atomic E-state index is 13.8. The van der Waals surface area contributed by atoms with E-state index in [1.807, 2.05) is 37.4 Å². The van der Waals surface area contributed by atoms with E-state index in [4.69, 9.17) is 20.9 Å². The molecule has 0 saturated heterocycles. The average Bonchev–Trinajstić information content (AvgIpc) is 3.61. The van der Waals surface area contributed by atoms with Gasteiger partial charge in [-0.15, -0.1) is 0 Å². The third kappa shape index (κ3) is 3.91. The molecule has 0 aliphatic rings. The second kappa shape index (κ2) is 8.66. The minimum Gasteiger partial charge on any atom is -0.472 e. The van der Waals surface area contributed by atoms with Crippen molar-refractivity contribution in [3.63, 3.8) is 0 Å². The molecule has 6 rings (SSSR count). The number of nitrogens with one attached hydrogen (secondary N) is 2. The molecule has 0 unspecified atom stereocenters. The zero-order valence-corrected chi connectivity index (χ0v) is 19.7. The first kappa shape index (κ1) is 22.1. The Morgan fingerprint density at radius 2 is 1.92 bits per heavy atom. The third-order valence-electron chi connectivity index (χ3n) is 6.65. The lowest BCUT2D eigenvalue weighted by molar-refractivity contribution is 0.568. The van der Waals surface area contributed by atoms with Crippen LogP contribution in [0.2, 0.25) is 0 Å². The van der Waals surface area contributed by atoms with Crippen LogP contribution in [-0.4, -0.2) is 26.2 Å². The number of aromatic amines is 2. The molecule has 7 nitrogen and oxygen atoms in total. The normalized spacial score (nSPS) is 12.5. The maximum absolute atomic E-state index is 13.8. The van der Waals surface area contributed by atoms with Gasteiger partial charge in [0.2, 0.25) is 0 Å². The van der Waals surface area contributed by atoms with Gasteiger partial charge in [0.25, 0.3) is 0 Å². The number of rotatable bonds is 6. The number of fused-ring (bicyclic) bond motifs is 2. The van der Waals surface area contributed by atoms with Crippen molar-refractivity contribution in [1.82, 2.24) is 20.2 Å². The van der Waals surface area contributed by atoms with Gasteiger partial charge in [-0.1, -0.05) is 6.07 Å². The minimum atomic E-state index is -0.271. The molecule has 0 saturated carbocycles. The van der Waals surface area contributed by atoms with Gasteiger partial charge in [0, 0.05) is 51.8 Å². The molecule has 0 spiro atoms. The molecule has 0 amide bonds. The van der Waals surface area contributed by atoms with E-state index in [-0.39, 0.29) is 11.9 Å². The molecule has 4 aromatic heterocycles. The Morgan fingerprint density at radius 3 is 2.75 bits per heavy atom. The van der Waals surface area contributed by atoms with Gasteiger partial charge >= 0.3 is 0 Å². The van der Waals surface area contributed by atoms with Crippen molar-refractivity contribution < 1.29 is 8.81 Å². The van der Waals surface area contributed by atoms with E-state index < -0.39 is 0 Å². The molecule has 4 heterocycles. The monoisotopic (exact) mass is 480 g/mol. The number of anilines is 1. The number of aryl methyl sites for hydroxylation is 1. The predicted molar refractivity (Wildman–Crippen MR) is 140 cm³/mol. The van der Waals surface area contributed by atoms with Crippen LogP contribution in [0.5, 0.6) is 0 Å². The Kier molecular flexibility index (Phi) is 5.30. The van der Waals surface area contributed by atoms with Gasteiger partial charge in [-0.3, -0.25) is 5.10 Å². The van der Waals surface area contributed by atoms with Crippen molar-refractivity contribution in [2.75, 3.05) is 5.73 Å². The number of nitrogens with zero attached hydrogens (tertiary/aromatic N) is 2. The number of nitrogens with two attached hydrogens (primary N) is 2. The summed E-state index contributed by atoms with van der Waals surface area (Å²) in [6.45, 7) is 2.00. The molecule has 0 radical (unpaired) electrons. The first-order chi connectivity index (χ1) is 17.5. The van der Waals surface area contributed by atoms with E-state index in [1.54, 1.807) is 18.6 Å². The highest BCUT2D eigenvalue weighted by atomic mass is 19.1. The molecule has 0 fully saturated rings. The molecule has 0 aliphatic heterocycles. The zero-order chi connectivity index (χ0) is 24.8. The number of furan rings is 1. The summed E-state index contributed by atoms with van der Waals surface area (Å²) >= 11 is 0. The molecule has 8 heteroatoms. The van der Waals surface area contributed by atoms with Gasteiger partial charge in [0.15, 0.2) is 0 Å². The van der Waals surface area contributed by atoms with E-state index in [1.165, 1.54) is 12.1 Å². The van der Waals surface area contributed by atoms with Crippen LogP contribution in [0.4, 0.5) is 10.1 Å². The first-order valence-corrected chi connectivity index (χ1v) is 11.7. The molecule has 1 atom stereocenters. The largest absolute Gasteiger partial charge is 0.472 e. The quantitative estimate of drug-likeness (QED) is 0.250. The Bertz CT molecular complexity index is 1700. The number of pyridine rings is 1. The van der Waals surface area contributed by atoms with Crippen molar-refractivity contribution in [3.8, 4) is 22.4 Å². The van der Waals surface area contributed by atoms with Gasteiger partial charge in [-0.25, -0.2) is 9.37 Å². The standard InChI is InChI=1S/C28H25FN6O/c1-15-21-9-16(2-4-26(21)35-34-15)23-12-24(31)27(33-28(23)17-6-7-36-14-17)11-20(30)8-18-13-32-25-5-3-19(29)10-22(18)25/h2-7,9-10,12-14,20,32H,8,11,30-31H2,1H3,(H,34,35)/t20-/m0/s1. The fraction of sp³-hybridized carbons (Fsp3) is 0.143. The molecular weight excluding hydrogens is 455 g/mol. The van der Waals surface area contributed by atoms with Gasteiger partial charge in [0.05, 0.1) is 35.1 Å². The van der Waals surface area contributed by atoms with Crippen LogP contribution in [0, 0.1) is 12.7 Å². The van der Waals surface area contributed by atoms with Crippen LogP contribution < -0.4 is 11.5 Å². The number of halogens is 1. The molecule has 6 N–H and O–H groups in total. The van der Waals surface area contributed by atoms with Crippen LogP contribution in [-0.2, 0) is 12.8 Å². The SMILES string of the molecule is Cc1[nH]nc2ccc(-c3cc(N)c(C[C@@H](N)Cc4c[nH]c5ccc(F)cc45)nc3-c3ccoc3)cc12. The summed E-state index contributed by atoms with van der Waals surface area (Å²) < 4.78 is 19.2. The van der Waals surface area contributed by atoms with Gasteiger partial charge in [0.1, 0.15) is 5.82 Å². The fourth-order valence-corrected chi connectivity index (χ4v) is 4.80. The molecule has 0 aliphatic carbocycles. The molecule has 180 valence electrons. The van der Waals surface area contributed by atoms with Crippen LogP contribution >= 0.6 is 0 Å². The van der Waals surface area contributed by atoms with Crippen LogP contribution in [0.3, 0.4) is 0 Å². The minimum absolute atomic E-state index is 0.255. The summed E-state index contributed by atoms with van der Waals surface area (Å²) in [6.07, 6.45) is 6.22. The molecule has 0 bridgehead atoms. The summed E-state index contributed by atoms with van der Waals surface area (Å²) in [5.74, 6) is -0.271. The predicted octanol–water partition coefficient (Wildman–Crippen LogP) is 5.51. The topological polar surface area (TPSA) is 123 Å². The molecule has 2 aromatic carbocycles. The number of aromatic nitrogens is 4. The summed E-state index contributed by atoms with van der Waals surface area (Å²) in [5.41, 5.74) is 21.6. The van der Waals surface area contributed by atoms with Crippen LogP contribution in [0.15, 0.2) is 71.7 Å². The Labute approximate surface area is 206 Å². The molecule has 6 aromatic rings. The Balaban J connectivity index is 1.36. The lowest BCUT2D eigenvalue weighted by Gasteiger charge is -2.16. The summed E-state index contributed by atoms with van der Waals surface area (Å²) in [7, 11) is 0. The highest BCUT2D eigenvalue weighted by molar-refractivity contribution is 5.90. The van der Waals surface area contributed by atoms with Crippen LogP contribution in [0.1, 0.15) is 17.0 Å². The van der Waals surface area contributed by atoms with Crippen molar-refractivity contribution in [3.05, 3.63) is 90.0 Å². The van der Waals surface area contributed by atoms with E-state index >= 15 is 0 Å². The van der Waals surface area contributed by atoms with Crippen molar-refractivity contribution in [2.45, 2.75) is 25.8 Å². The molecular formula is C28H25FN6O. The second-order valence-corrected chi connectivity index (χ2v) is 9.19. The number of hydrogen-bond acceptors (Lipinski definition) is 5. The lowest BCUT2D eigenvalue weighted by atomic mass is 9.96. The van der Waals surface area contributed by atoms with Gasteiger partial charge < -0.3 is 20.9 Å². The Hall–Kier alpha value is -4.43.